The topological polar surface area (TPSA) is 30.0 Å². The van der Waals surface area contributed by atoms with Crippen molar-refractivity contribution in [3.05, 3.63) is 65.3 Å². The van der Waals surface area contributed by atoms with E-state index in [1.54, 1.807) is 24.4 Å². The average Bonchev–Trinajstić information content (AvgIpc) is 2.46. The van der Waals surface area contributed by atoms with Gasteiger partial charge in [0.05, 0.1) is 5.52 Å². The highest BCUT2D eigenvalue weighted by Gasteiger charge is 2.09. The van der Waals surface area contributed by atoms with Gasteiger partial charge in [0, 0.05) is 27.7 Å². The second kappa shape index (κ2) is 4.82. The van der Waals surface area contributed by atoms with Crippen LogP contribution >= 0.6 is 11.6 Å². The molecule has 0 aliphatic rings. The Morgan fingerprint density at radius 2 is 1.84 bits per heavy atom. The molecule has 3 rings (SSSR count). The summed E-state index contributed by atoms with van der Waals surface area (Å²) < 4.78 is 0. The van der Waals surface area contributed by atoms with Crippen LogP contribution in [-0.4, -0.2) is 11.3 Å². The maximum atomic E-state index is 11.2. The van der Waals surface area contributed by atoms with Crippen LogP contribution in [0, 0.1) is 0 Å². The van der Waals surface area contributed by atoms with Crippen molar-refractivity contribution in [2.75, 3.05) is 0 Å². The molecule has 1 aromatic heterocycles. The van der Waals surface area contributed by atoms with Crippen molar-refractivity contribution in [3.8, 4) is 11.1 Å². The van der Waals surface area contributed by atoms with Crippen LogP contribution < -0.4 is 0 Å². The Morgan fingerprint density at radius 3 is 2.68 bits per heavy atom. The number of pyridine rings is 1. The first-order chi connectivity index (χ1) is 9.29. The molecule has 0 bridgehead atoms. The molecule has 0 aliphatic heterocycles. The lowest BCUT2D eigenvalue weighted by Gasteiger charge is -2.08. The summed E-state index contributed by atoms with van der Waals surface area (Å²) in [6, 6.07) is 15.0. The molecule has 0 aliphatic carbocycles. The van der Waals surface area contributed by atoms with Gasteiger partial charge in [-0.15, -0.1) is 0 Å². The van der Waals surface area contributed by atoms with Crippen LogP contribution in [0.15, 0.2) is 54.7 Å². The third kappa shape index (κ3) is 2.11. The number of nitrogens with zero attached hydrogens (tertiary/aromatic N) is 1. The molecule has 0 fully saturated rings. The molecule has 92 valence electrons. The number of carbonyl (C=O) groups excluding carboxylic acids is 1. The zero-order valence-corrected chi connectivity index (χ0v) is 10.8. The summed E-state index contributed by atoms with van der Waals surface area (Å²) in [5, 5.41) is 1.64. The third-order valence-electron chi connectivity index (χ3n) is 3.07. The first kappa shape index (κ1) is 11.9. The maximum Gasteiger partial charge on any atom is 0.150 e. The van der Waals surface area contributed by atoms with Gasteiger partial charge < -0.3 is 0 Å². The maximum absolute atomic E-state index is 11.2. The molecule has 2 nitrogen and oxygen atoms in total. The lowest BCUT2D eigenvalue weighted by atomic mass is 9.98. The number of benzene rings is 2. The van der Waals surface area contributed by atoms with Crippen molar-refractivity contribution >= 4 is 28.8 Å². The van der Waals surface area contributed by atoms with Crippen LogP contribution in [0.25, 0.3) is 22.0 Å². The quantitative estimate of drug-likeness (QED) is 0.646. The van der Waals surface area contributed by atoms with Gasteiger partial charge in [0.15, 0.2) is 6.29 Å². The third-order valence-corrected chi connectivity index (χ3v) is 3.30. The van der Waals surface area contributed by atoms with Gasteiger partial charge in [-0.1, -0.05) is 35.9 Å². The van der Waals surface area contributed by atoms with E-state index in [1.165, 1.54) is 0 Å². The number of rotatable bonds is 2. The van der Waals surface area contributed by atoms with E-state index < -0.39 is 0 Å². The standard InChI is InChI=1S/C16H10ClNO/c17-13-7-6-12(10-19)15(9-13)14-5-1-3-11-4-2-8-18-16(11)14/h1-10H. The average molecular weight is 268 g/mol. The van der Waals surface area contributed by atoms with Crippen LogP contribution in [-0.2, 0) is 0 Å². The Balaban J connectivity index is 2.36. The van der Waals surface area contributed by atoms with Crippen molar-refractivity contribution in [1.82, 2.24) is 4.98 Å². The van der Waals surface area contributed by atoms with Gasteiger partial charge >= 0.3 is 0 Å². The molecule has 3 aromatic rings. The Morgan fingerprint density at radius 1 is 1.00 bits per heavy atom. The fraction of sp³-hybridized carbons (Fsp3) is 0. The Hall–Kier alpha value is -2.19. The zero-order chi connectivity index (χ0) is 13.2. The summed E-state index contributed by atoms with van der Waals surface area (Å²) in [5.41, 5.74) is 3.22. The van der Waals surface area contributed by atoms with Crippen LogP contribution in [0.1, 0.15) is 10.4 Å². The zero-order valence-electron chi connectivity index (χ0n) is 10.0. The van der Waals surface area contributed by atoms with Crippen LogP contribution in [0.3, 0.4) is 0 Å². The second-order valence-corrected chi connectivity index (χ2v) is 4.67. The normalized spacial score (nSPS) is 10.6. The van der Waals surface area contributed by atoms with E-state index in [-0.39, 0.29) is 0 Å². The number of hydrogen-bond acceptors (Lipinski definition) is 2. The molecule has 0 spiro atoms. The van der Waals surface area contributed by atoms with Gasteiger partial charge in [-0.2, -0.15) is 0 Å². The number of para-hydroxylation sites is 1. The summed E-state index contributed by atoms with van der Waals surface area (Å²) in [4.78, 5) is 15.6. The van der Waals surface area contributed by atoms with Crippen molar-refractivity contribution in [1.29, 1.82) is 0 Å². The van der Waals surface area contributed by atoms with Crippen molar-refractivity contribution in [2.24, 2.45) is 0 Å². The monoisotopic (exact) mass is 267 g/mol. The summed E-state index contributed by atoms with van der Waals surface area (Å²) >= 11 is 6.04. The van der Waals surface area contributed by atoms with E-state index in [4.69, 9.17) is 11.6 Å². The van der Waals surface area contributed by atoms with Gasteiger partial charge in [0.1, 0.15) is 0 Å². The number of aldehydes is 1. The Kier molecular flexibility index (Phi) is 3.02. The molecule has 0 radical (unpaired) electrons. The lowest BCUT2D eigenvalue weighted by Crippen LogP contribution is -1.90. The predicted molar refractivity (Wildman–Crippen MR) is 77.6 cm³/mol. The molecule has 19 heavy (non-hydrogen) atoms. The van der Waals surface area contributed by atoms with E-state index in [0.717, 1.165) is 28.3 Å². The summed E-state index contributed by atoms with van der Waals surface area (Å²) in [6.07, 6.45) is 2.59. The lowest BCUT2D eigenvalue weighted by molar-refractivity contribution is 0.112. The minimum absolute atomic E-state index is 0.605. The number of aromatic nitrogens is 1. The first-order valence-electron chi connectivity index (χ1n) is 5.88. The second-order valence-electron chi connectivity index (χ2n) is 4.23. The molecule has 1 heterocycles. The van der Waals surface area contributed by atoms with Crippen LogP contribution in [0.4, 0.5) is 0 Å². The molecule has 2 aromatic carbocycles. The minimum Gasteiger partial charge on any atom is -0.298 e. The smallest absolute Gasteiger partial charge is 0.150 e. The van der Waals surface area contributed by atoms with Crippen LogP contribution in [0.2, 0.25) is 5.02 Å². The van der Waals surface area contributed by atoms with Crippen molar-refractivity contribution in [3.63, 3.8) is 0 Å². The molecular formula is C16H10ClNO. The number of fused-ring (bicyclic) bond motifs is 1. The molecule has 0 amide bonds. The minimum atomic E-state index is 0.605. The summed E-state index contributed by atoms with van der Waals surface area (Å²) in [6.45, 7) is 0. The number of carbonyl (C=O) groups is 1. The molecule has 0 unspecified atom stereocenters. The largest absolute Gasteiger partial charge is 0.298 e. The van der Waals surface area contributed by atoms with Crippen molar-refractivity contribution < 1.29 is 4.79 Å². The summed E-state index contributed by atoms with van der Waals surface area (Å²) in [5.74, 6) is 0. The van der Waals surface area contributed by atoms with E-state index in [9.17, 15) is 4.79 Å². The fourth-order valence-electron chi connectivity index (χ4n) is 2.19. The number of hydrogen-bond donors (Lipinski definition) is 0. The van der Waals surface area contributed by atoms with Crippen LogP contribution in [0.5, 0.6) is 0 Å². The highest BCUT2D eigenvalue weighted by Crippen LogP contribution is 2.31. The van der Waals surface area contributed by atoms with E-state index in [0.29, 0.717) is 10.6 Å². The molecule has 0 atom stereocenters. The van der Waals surface area contributed by atoms with Gasteiger partial charge in [0.2, 0.25) is 0 Å². The molecular weight excluding hydrogens is 258 g/mol. The van der Waals surface area contributed by atoms with E-state index >= 15 is 0 Å². The van der Waals surface area contributed by atoms with E-state index in [2.05, 4.69) is 4.98 Å². The van der Waals surface area contributed by atoms with E-state index in [1.807, 2.05) is 30.3 Å². The SMILES string of the molecule is O=Cc1ccc(Cl)cc1-c1cccc2cccnc12. The summed E-state index contributed by atoms with van der Waals surface area (Å²) in [7, 11) is 0. The number of halogens is 1. The van der Waals surface area contributed by atoms with Gasteiger partial charge in [-0.3, -0.25) is 9.78 Å². The van der Waals surface area contributed by atoms with Crippen molar-refractivity contribution in [2.45, 2.75) is 0 Å². The predicted octanol–water partition coefficient (Wildman–Crippen LogP) is 4.37. The van der Waals surface area contributed by atoms with Gasteiger partial charge in [-0.05, 0) is 29.8 Å². The highest BCUT2D eigenvalue weighted by atomic mass is 35.5. The highest BCUT2D eigenvalue weighted by molar-refractivity contribution is 6.31. The molecule has 3 heteroatoms. The molecule has 0 saturated heterocycles. The first-order valence-corrected chi connectivity index (χ1v) is 6.26. The Bertz CT molecular complexity index is 762. The molecule has 0 saturated carbocycles. The fourth-order valence-corrected chi connectivity index (χ4v) is 2.36. The van der Waals surface area contributed by atoms with Gasteiger partial charge in [0.25, 0.3) is 0 Å². The Labute approximate surface area is 115 Å². The van der Waals surface area contributed by atoms with Gasteiger partial charge in [-0.25, -0.2) is 0 Å². The molecule has 0 N–H and O–H groups in total.